The highest BCUT2D eigenvalue weighted by Crippen LogP contribution is 2.32. The average molecular weight is 258 g/mol. The van der Waals surface area contributed by atoms with Crippen LogP contribution >= 0.6 is 27.3 Å². The molecule has 0 aliphatic heterocycles. The Kier molecular flexibility index (Phi) is 2.13. The van der Waals surface area contributed by atoms with Gasteiger partial charge < -0.3 is 5.73 Å². The van der Waals surface area contributed by atoms with Gasteiger partial charge in [-0.1, -0.05) is 0 Å². The number of hydrogen-bond donors (Lipinski definition) is 1. The largest absolute Gasteiger partial charge is 0.384 e. The molecule has 2 aromatic rings. The molecule has 0 spiro atoms. The highest BCUT2D eigenvalue weighted by molar-refractivity contribution is 9.11. The van der Waals surface area contributed by atoms with E-state index in [4.69, 9.17) is 5.73 Å². The van der Waals surface area contributed by atoms with Gasteiger partial charge in [0.15, 0.2) is 0 Å². The first kappa shape index (κ1) is 8.77. The minimum atomic E-state index is 0.674. The summed E-state index contributed by atoms with van der Waals surface area (Å²) in [6.45, 7) is 0. The fourth-order valence-electron chi connectivity index (χ4n) is 1.09. The van der Waals surface area contributed by atoms with Crippen molar-refractivity contribution in [2.45, 2.75) is 0 Å². The van der Waals surface area contributed by atoms with Gasteiger partial charge in [0.05, 0.1) is 9.48 Å². The second kappa shape index (κ2) is 3.16. The summed E-state index contributed by atoms with van der Waals surface area (Å²) >= 11 is 5.11. The van der Waals surface area contributed by atoms with Crippen LogP contribution in [0.2, 0.25) is 0 Å². The maximum absolute atomic E-state index is 5.69. The zero-order chi connectivity index (χ0) is 9.42. The zero-order valence-corrected chi connectivity index (χ0v) is 9.39. The Labute approximate surface area is 88.3 Å². The zero-order valence-electron chi connectivity index (χ0n) is 6.99. The van der Waals surface area contributed by atoms with Crippen LogP contribution in [0.25, 0.3) is 11.3 Å². The summed E-state index contributed by atoms with van der Waals surface area (Å²) in [6.07, 6.45) is 0. The molecule has 0 radical (unpaired) electrons. The number of hydrogen-bond acceptors (Lipinski definition) is 3. The van der Waals surface area contributed by atoms with E-state index in [2.05, 4.69) is 21.0 Å². The van der Waals surface area contributed by atoms with Gasteiger partial charge in [-0.15, -0.1) is 11.3 Å². The molecule has 3 nitrogen and oxygen atoms in total. The number of anilines is 1. The summed E-state index contributed by atoms with van der Waals surface area (Å²) in [5.41, 5.74) is 7.69. The first-order chi connectivity index (χ1) is 6.18. The summed E-state index contributed by atoms with van der Waals surface area (Å²) in [5, 5.41) is 6.30. The van der Waals surface area contributed by atoms with Gasteiger partial charge >= 0.3 is 0 Å². The highest BCUT2D eigenvalue weighted by Gasteiger charge is 2.08. The van der Waals surface area contributed by atoms with Gasteiger partial charge in [0, 0.05) is 18.7 Å². The number of nitrogens with two attached hydrogens (primary N) is 1. The highest BCUT2D eigenvalue weighted by atomic mass is 79.9. The number of nitrogens with zero attached hydrogens (tertiary/aromatic N) is 2. The van der Waals surface area contributed by atoms with Crippen molar-refractivity contribution < 1.29 is 0 Å². The molecule has 2 N–H and O–H groups in total. The van der Waals surface area contributed by atoms with E-state index < -0.39 is 0 Å². The van der Waals surface area contributed by atoms with Gasteiger partial charge in [-0.25, -0.2) is 0 Å². The lowest BCUT2D eigenvalue weighted by Gasteiger charge is -1.91. The third-order valence-electron chi connectivity index (χ3n) is 1.81. The summed E-state index contributed by atoms with van der Waals surface area (Å²) in [4.78, 5) is 0. The molecule has 68 valence electrons. The van der Waals surface area contributed by atoms with E-state index in [-0.39, 0.29) is 0 Å². The van der Waals surface area contributed by atoms with E-state index in [0.717, 1.165) is 15.0 Å². The summed E-state index contributed by atoms with van der Waals surface area (Å²) in [5.74, 6) is 0.674. The molecule has 0 aliphatic rings. The standard InChI is InChI=1S/C8H8BrN3S/c1-12-7(10)4-6(11-12)5-2-3-13-8(5)9/h2-4H,10H2,1H3. The number of aromatic nitrogens is 2. The summed E-state index contributed by atoms with van der Waals surface area (Å²) in [6, 6.07) is 3.89. The number of nitrogen functional groups attached to an aromatic ring is 1. The monoisotopic (exact) mass is 257 g/mol. The van der Waals surface area contributed by atoms with Crippen LogP contribution in [0, 0.1) is 0 Å². The molecule has 0 unspecified atom stereocenters. The minimum absolute atomic E-state index is 0.674. The van der Waals surface area contributed by atoms with Crippen molar-refractivity contribution in [3.63, 3.8) is 0 Å². The molecule has 2 aromatic heterocycles. The van der Waals surface area contributed by atoms with Crippen LogP contribution in [0.4, 0.5) is 5.82 Å². The molecule has 2 rings (SSSR count). The van der Waals surface area contributed by atoms with Crippen molar-refractivity contribution in [2.75, 3.05) is 5.73 Å². The van der Waals surface area contributed by atoms with Gasteiger partial charge in [0.2, 0.25) is 0 Å². The maximum Gasteiger partial charge on any atom is 0.121 e. The molecule has 0 amide bonds. The number of halogens is 1. The lowest BCUT2D eigenvalue weighted by molar-refractivity contribution is 0.782. The smallest absolute Gasteiger partial charge is 0.121 e. The van der Waals surface area contributed by atoms with Crippen LogP contribution < -0.4 is 5.73 Å². The fraction of sp³-hybridized carbons (Fsp3) is 0.125. The second-order valence-corrected chi connectivity index (χ2v) is 4.92. The van der Waals surface area contributed by atoms with Crippen LogP contribution in [0.3, 0.4) is 0 Å². The van der Waals surface area contributed by atoms with E-state index in [1.54, 1.807) is 16.0 Å². The molecule has 0 fully saturated rings. The Morgan fingerprint density at radius 3 is 2.85 bits per heavy atom. The Balaban J connectivity index is 2.53. The van der Waals surface area contributed by atoms with E-state index in [0.29, 0.717) is 5.82 Å². The van der Waals surface area contributed by atoms with Gasteiger partial charge in [-0.3, -0.25) is 4.68 Å². The molecule has 0 aromatic carbocycles. The Morgan fingerprint density at radius 1 is 1.62 bits per heavy atom. The van der Waals surface area contributed by atoms with Gasteiger partial charge in [0.25, 0.3) is 0 Å². The third-order valence-corrected chi connectivity index (χ3v) is 3.50. The molecule has 0 saturated heterocycles. The normalized spacial score (nSPS) is 10.6. The van der Waals surface area contributed by atoms with Crippen molar-refractivity contribution in [2.24, 2.45) is 7.05 Å². The summed E-state index contributed by atoms with van der Waals surface area (Å²) in [7, 11) is 1.83. The van der Waals surface area contributed by atoms with Gasteiger partial charge in [0.1, 0.15) is 5.82 Å². The Bertz CT molecular complexity index is 413. The van der Waals surface area contributed by atoms with Crippen molar-refractivity contribution in [1.29, 1.82) is 0 Å². The van der Waals surface area contributed by atoms with E-state index >= 15 is 0 Å². The Hall–Kier alpha value is -0.810. The molecule has 0 bridgehead atoms. The van der Waals surface area contributed by atoms with Crippen LogP contribution in [0.5, 0.6) is 0 Å². The molecular formula is C8H8BrN3S. The first-order valence-corrected chi connectivity index (χ1v) is 5.38. The van der Waals surface area contributed by atoms with Crippen molar-refractivity contribution in [3.8, 4) is 11.3 Å². The predicted molar refractivity (Wildman–Crippen MR) is 58.6 cm³/mol. The van der Waals surface area contributed by atoms with Crippen molar-refractivity contribution >= 4 is 33.1 Å². The van der Waals surface area contributed by atoms with E-state index in [1.807, 2.05) is 24.6 Å². The lowest BCUT2D eigenvalue weighted by atomic mass is 10.2. The molecule has 0 saturated carbocycles. The molecule has 0 aliphatic carbocycles. The van der Waals surface area contributed by atoms with E-state index in [1.165, 1.54) is 0 Å². The van der Waals surface area contributed by atoms with Crippen molar-refractivity contribution in [1.82, 2.24) is 9.78 Å². The second-order valence-electron chi connectivity index (χ2n) is 2.69. The van der Waals surface area contributed by atoms with Gasteiger partial charge in [-0.05, 0) is 27.4 Å². The van der Waals surface area contributed by atoms with E-state index in [9.17, 15) is 0 Å². The first-order valence-electron chi connectivity index (χ1n) is 3.71. The third kappa shape index (κ3) is 1.49. The van der Waals surface area contributed by atoms with Crippen LogP contribution in [-0.2, 0) is 7.05 Å². The number of thiophene rings is 1. The van der Waals surface area contributed by atoms with Crippen LogP contribution in [0.1, 0.15) is 0 Å². The fourth-order valence-corrected chi connectivity index (χ4v) is 2.37. The molecule has 5 heteroatoms. The predicted octanol–water partition coefficient (Wildman–Crippen LogP) is 2.49. The number of rotatable bonds is 1. The molecule has 0 atom stereocenters. The average Bonchev–Trinajstić information content (AvgIpc) is 2.60. The van der Waals surface area contributed by atoms with Gasteiger partial charge in [-0.2, -0.15) is 5.10 Å². The SMILES string of the molecule is Cn1nc(-c2ccsc2Br)cc1N. The summed E-state index contributed by atoms with van der Waals surface area (Å²) < 4.78 is 2.75. The molecular weight excluding hydrogens is 250 g/mol. The van der Waals surface area contributed by atoms with Crippen LogP contribution in [-0.4, -0.2) is 9.78 Å². The molecule has 13 heavy (non-hydrogen) atoms. The quantitative estimate of drug-likeness (QED) is 0.854. The number of aryl methyl sites for hydroxylation is 1. The lowest BCUT2D eigenvalue weighted by Crippen LogP contribution is -1.96. The maximum atomic E-state index is 5.69. The minimum Gasteiger partial charge on any atom is -0.384 e. The topological polar surface area (TPSA) is 43.8 Å². The Morgan fingerprint density at radius 2 is 2.38 bits per heavy atom. The van der Waals surface area contributed by atoms with Crippen molar-refractivity contribution in [3.05, 3.63) is 21.3 Å². The van der Waals surface area contributed by atoms with Crippen LogP contribution in [0.15, 0.2) is 21.3 Å². The molecule has 2 heterocycles.